The fourth-order valence-electron chi connectivity index (χ4n) is 6.37. The first-order valence-corrected chi connectivity index (χ1v) is 15.2. The number of amides is 2. The Labute approximate surface area is 259 Å². The van der Waals surface area contributed by atoms with Gasteiger partial charge in [-0.15, -0.1) is 0 Å². The van der Waals surface area contributed by atoms with E-state index in [2.05, 4.69) is 0 Å². The van der Waals surface area contributed by atoms with E-state index < -0.39 is 17.2 Å². The van der Waals surface area contributed by atoms with Gasteiger partial charge in [-0.3, -0.25) is 24.4 Å². The van der Waals surface area contributed by atoms with E-state index in [4.69, 9.17) is 15.0 Å². The third kappa shape index (κ3) is 5.05. The minimum atomic E-state index is -0.947. The third-order valence-corrected chi connectivity index (χ3v) is 8.54. The van der Waals surface area contributed by atoms with Gasteiger partial charge in [-0.05, 0) is 75.6 Å². The van der Waals surface area contributed by atoms with Gasteiger partial charge < -0.3 is 9.47 Å². The topological polar surface area (TPSA) is 86.9 Å². The van der Waals surface area contributed by atoms with Crippen molar-refractivity contribution in [3.63, 3.8) is 0 Å². The second-order valence-corrected chi connectivity index (χ2v) is 12.3. The Kier molecular flexibility index (Phi) is 6.98. The summed E-state index contributed by atoms with van der Waals surface area (Å²) in [6.45, 7) is 8.53. The number of imidazole rings is 1. The van der Waals surface area contributed by atoms with E-state index in [1.54, 1.807) is 11.1 Å². The molecule has 230 valence electrons. The van der Waals surface area contributed by atoms with Crippen LogP contribution in [0.4, 0.5) is 14.6 Å². The maximum atomic E-state index is 14.3. The Hall–Kier alpha value is -4.93. The van der Waals surface area contributed by atoms with Crippen molar-refractivity contribution in [2.75, 3.05) is 31.1 Å². The van der Waals surface area contributed by atoms with Gasteiger partial charge in [-0.2, -0.15) is 0 Å². The summed E-state index contributed by atoms with van der Waals surface area (Å²) in [4.78, 5) is 46.6. The van der Waals surface area contributed by atoms with Crippen LogP contribution in [0.25, 0.3) is 22.6 Å². The van der Waals surface area contributed by atoms with Gasteiger partial charge in [0.25, 0.3) is 11.8 Å². The molecule has 0 N–H and O–H groups in total. The SMILES string of the molecule is CCN1C(=O)c2nc(-c3ccc(-c4cccc(C(=O)N5CCCC5)c4)nc3)n(Cc3ccc(F)c(F)c3)c2N2CC(C)(C)N=C12. The lowest BCUT2D eigenvalue weighted by atomic mass is 10.1. The molecule has 5 heterocycles. The van der Waals surface area contributed by atoms with Crippen LogP contribution in [0, 0.1) is 11.6 Å². The Bertz CT molecular complexity index is 1860. The highest BCUT2D eigenvalue weighted by atomic mass is 19.2. The average molecular weight is 610 g/mol. The standard InChI is InChI=1S/C34H33F2N7O2/c1-4-41-32(45)28-30(43-20-34(2,3)39-33(41)43)42(19-21-10-12-25(35)26(36)16-21)29(38-28)24-11-13-27(37-18-24)22-8-7-9-23(17-22)31(44)40-14-5-6-15-40/h7-13,16-18H,4-6,14-15,19-20H2,1-3H3. The first kappa shape index (κ1) is 28.8. The molecule has 0 bridgehead atoms. The number of guanidine groups is 1. The van der Waals surface area contributed by atoms with E-state index in [1.165, 1.54) is 6.07 Å². The zero-order valence-corrected chi connectivity index (χ0v) is 25.4. The number of carbonyl (C=O) groups is 2. The van der Waals surface area contributed by atoms with Crippen molar-refractivity contribution in [3.05, 3.63) is 89.2 Å². The van der Waals surface area contributed by atoms with E-state index >= 15 is 0 Å². The number of pyridine rings is 1. The number of anilines is 1. The van der Waals surface area contributed by atoms with Gasteiger partial charge in [0.1, 0.15) is 11.6 Å². The predicted octanol–water partition coefficient (Wildman–Crippen LogP) is 5.60. The number of nitrogens with zero attached hydrogens (tertiary/aromatic N) is 7. The molecule has 0 saturated carbocycles. The lowest BCUT2D eigenvalue weighted by molar-refractivity contribution is 0.0791. The molecule has 2 amide bonds. The quantitative estimate of drug-likeness (QED) is 0.284. The molecule has 2 aromatic heterocycles. The van der Waals surface area contributed by atoms with Crippen LogP contribution >= 0.6 is 0 Å². The normalized spacial score (nSPS) is 17.0. The van der Waals surface area contributed by atoms with Gasteiger partial charge >= 0.3 is 0 Å². The van der Waals surface area contributed by atoms with Crippen LogP contribution in [0.15, 0.2) is 65.8 Å². The van der Waals surface area contributed by atoms with Crippen LogP contribution in [0.5, 0.6) is 0 Å². The number of aromatic nitrogens is 3. The van der Waals surface area contributed by atoms with E-state index in [0.29, 0.717) is 53.1 Å². The first-order valence-electron chi connectivity index (χ1n) is 15.2. The lowest BCUT2D eigenvalue weighted by Crippen LogP contribution is -2.51. The van der Waals surface area contributed by atoms with Gasteiger partial charge in [0.05, 0.1) is 24.3 Å². The number of benzene rings is 2. The molecule has 45 heavy (non-hydrogen) atoms. The third-order valence-electron chi connectivity index (χ3n) is 8.54. The molecule has 1 saturated heterocycles. The van der Waals surface area contributed by atoms with E-state index in [1.807, 2.05) is 71.5 Å². The van der Waals surface area contributed by atoms with Crippen molar-refractivity contribution in [2.45, 2.75) is 45.7 Å². The Morgan fingerprint density at radius 2 is 1.78 bits per heavy atom. The zero-order chi connectivity index (χ0) is 31.5. The molecule has 3 aliphatic rings. The number of halogens is 2. The molecule has 0 radical (unpaired) electrons. The van der Waals surface area contributed by atoms with E-state index in [9.17, 15) is 18.4 Å². The number of fused-ring (bicyclic) bond motifs is 3. The van der Waals surface area contributed by atoms with Crippen molar-refractivity contribution < 1.29 is 18.4 Å². The highest BCUT2D eigenvalue weighted by Crippen LogP contribution is 2.39. The van der Waals surface area contributed by atoms with Crippen molar-refractivity contribution in [1.82, 2.24) is 24.3 Å². The summed E-state index contributed by atoms with van der Waals surface area (Å²) in [5.74, 6) is -0.540. The molecule has 11 heteroatoms. The minimum absolute atomic E-state index is 0.0228. The molecule has 0 unspecified atom stereocenters. The highest BCUT2D eigenvalue weighted by molar-refractivity contribution is 6.18. The summed E-state index contributed by atoms with van der Waals surface area (Å²) < 4.78 is 30.0. The summed E-state index contributed by atoms with van der Waals surface area (Å²) in [5.41, 5.74) is 3.10. The number of likely N-dealkylation sites (tertiary alicyclic amines) is 1. The number of carbonyl (C=O) groups excluding carboxylic acids is 2. The summed E-state index contributed by atoms with van der Waals surface area (Å²) in [6, 6.07) is 15.0. The molecule has 0 atom stereocenters. The summed E-state index contributed by atoms with van der Waals surface area (Å²) in [5, 5.41) is 0. The molecule has 1 fully saturated rings. The monoisotopic (exact) mass is 609 g/mol. The lowest BCUT2D eigenvalue weighted by Gasteiger charge is -2.34. The zero-order valence-electron chi connectivity index (χ0n) is 25.4. The summed E-state index contributed by atoms with van der Waals surface area (Å²) >= 11 is 0. The maximum absolute atomic E-state index is 14.3. The van der Waals surface area contributed by atoms with Crippen LogP contribution in [0.3, 0.4) is 0 Å². The average Bonchev–Trinajstić information content (AvgIpc) is 3.77. The summed E-state index contributed by atoms with van der Waals surface area (Å²) in [7, 11) is 0. The molecule has 0 aliphatic carbocycles. The van der Waals surface area contributed by atoms with Gasteiger partial charge in [0.2, 0.25) is 5.96 Å². The van der Waals surface area contributed by atoms with Crippen LogP contribution in [-0.2, 0) is 6.54 Å². The Morgan fingerprint density at radius 3 is 2.49 bits per heavy atom. The number of hydrogen-bond donors (Lipinski definition) is 0. The molecule has 2 aromatic carbocycles. The molecule has 9 nitrogen and oxygen atoms in total. The van der Waals surface area contributed by atoms with Gasteiger partial charge in [0.15, 0.2) is 17.3 Å². The molecule has 0 spiro atoms. The van der Waals surface area contributed by atoms with Gasteiger partial charge in [-0.25, -0.2) is 18.8 Å². The molecule has 7 rings (SSSR count). The Balaban J connectivity index is 1.30. The van der Waals surface area contributed by atoms with Crippen LogP contribution in [0.1, 0.15) is 60.0 Å². The van der Waals surface area contributed by atoms with Crippen LogP contribution in [0.2, 0.25) is 0 Å². The number of hydrogen-bond acceptors (Lipinski definition) is 6. The summed E-state index contributed by atoms with van der Waals surface area (Å²) in [6.07, 6.45) is 3.73. The molecular formula is C34H33F2N7O2. The molecule has 4 aromatic rings. The van der Waals surface area contributed by atoms with Gasteiger partial charge in [0, 0.05) is 42.5 Å². The Morgan fingerprint density at radius 1 is 0.978 bits per heavy atom. The van der Waals surface area contributed by atoms with Crippen molar-refractivity contribution >= 4 is 23.6 Å². The molecular weight excluding hydrogens is 576 g/mol. The van der Waals surface area contributed by atoms with E-state index in [0.717, 1.165) is 43.6 Å². The number of aliphatic imine (C=N–C) groups is 1. The fourth-order valence-corrected chi connectivity index (χ4v) is 6.37. The van der Waals surface area contributed by atoms with E-state index in [-0.39, 0.29) is 24.1 Å². The molecule has 3 aliphatic heterocycles. The van der Waals surface area contributed by atoms with Crippen molar-refractivity contribution in [1.29, 1.82) is 0 Å². The number of rotatable bonds is 6. The largest absolute Gasteiger partial charge is 0.339 e. The highest BCUT2D eigenvalue weighted by Gasteiger charge is 2.45. The maximum Gasteiger partial charge on any atom is 0.283 e. The predicted molar refractivity (Wildman–Crippen MR) is 167 cm³/mol. The smallest absolute Gasteiger partial charge is 0.283 e. The van der Waals surface area contributed by atoms with Crippen molar-refractivity contribution in [2.24, 2.45) is 4.99 Å². The second kappa shape index (κ2) is 10.9. The van der Waals surface area contributed by atoms with Crippen molar-refractivity contribution in [3.8, 4) is 22.6 Å². The van der Waals surface area contributed by atoms with Gasteiger partial charge in [-0.1, -0.05) is 18.2 Å². The second-order valence-electron chi connectivity index (χ2n) is 12.3. The van der Waals surface area contributed by atoms with Crippen LogP contribution < -0.4 is 4.90 Å². The fraction of sp³-hybridized carbons (Fsp3) is 0.324. The van der Waals surface area contributed by atoms with Crippen LogP contribution in [-0.4, -0.2) is 73.8 Å². The minimum Gasteiger partial charge on any atom is -0.339 e. The first-order chi connectivity index (χ1) is 21.6.